The zero-order valence-electron chi connectivity index (χ0n) is 22.9. The fraction of sp³-hybridized carbons (Fsp3) is 0.517. The SMILES string of the molecule is Cc1ccc(N(CCCC(=O)N(Cc2cccc(Br)c2)[C@H](C)C(=O)NC2CCCCC2)S(C)(=O)=O)cc1C. The Morgan fingerprint density at radius 1 is 1.05 bits per heavy atom. The monoisotopic (exact) mass is 605 g/mol. The van der Waals surface area contributed by atoms with Crippen LogP contribution in [0.15, 0.2) is 46.9 Å². The summed E-state index contributed by atoms with van der Waals surface area (Å²) in [4.78, 5) is 28.3. The van der Waals surface area contributed by atoms with Crippen molar-refractivity contribution in [3.63, 3.8) is 0 Å². The second-order valence-electron chi connectivity index (χ2n) is 10.4. The van der Waals surface area contributed by atoms with Gasteiger partial charge in [-0.2, -0.15) is 0 Å². The van der Waals surface area contributed by atoms with E-state index in [-0.39, 0.29) is 30.8 Å². The zero-order chi connectivity index (χ0) is 27.9. The molecular weight excluding hydrogens is 566 g/mol. The third kappa shape index (κ3) is 8.56. The predicted molar refractivity (Wildman–Crippen MR) is 157 cm³/mol. The molecule has 9 heteroatoms. The summed E-state index contributed by atoms with van der Waals surface area (Å²) in [5.74, 6) is -0.321. The van der Waals surface area contributed by atoms with E-state index < -0.39 is 16.1 Å². The van der Waals surface area contributed by atoms with E-state index in [4.69, 9.17) is 0 Å². The Bertz CT molecular complexity index is 1230. The number of aryl methyl sites for hydroxylation is 2. The summed E-state index contributed by atoms with van der Waals surface area (Å²) in [6.45, 7) is 6.17. The van der Waals surface area contributed by atoms with Crippen molar-refractivity contribution >= 4 is 43.5 Å². The van der Waals surface area contributed by atoms with Crippen LogP contribution < -0.4 is 9.62 Å². The number of benzene rings is 2. The number of hydrogen-bond donors (Lipinski definition) is 1. The van der Waals surface area contributed by atoms with Gasteiger partial charge < -0.3 is 10.2 Å². The molecule has 2 aromatic carbocycles. The fourth-order valence-electron chi connectivity index (χ4n) is 4.87. The van der Waals surface area contributed by atoms with Crippen LogP contribution in [0.4, 0.5) is 5.69 Å². The number of nitrogens with one attached hydrogen (secondary N) is 1. The smallest absolute Gasteiger partial charge is 0.242 e. The molecule has 2 aromatic rings. The summed E-state index contributed by atoms with van der Waals surface area (Å²) in [7, 11) is -3.53. The standard InChI is InChI=1S/C29H40BrN3O4S/c1-21-15-16-27(18-22(21)2)33(38(4,36)37)17-9-14-28(34)32(20-24-10-8-11-25(30)19-24)23(3)29(35)31-26-12-6-5-7-13-26/h8,10-11,15-16,18-19,23,26H,5-7,9,12-14,17,20H2,1-4H3,(H,31,35)/t23-/m1/s1. The first-order chi connectivity index (χ1) is 18.0. The van der Waals surface area contributed by atoms with Crippen LogP contribution in [0.25, 0.3) is 0 Å². The number of amides is 2. The molecule has 0 aliphatic heterocycles. The minimum Gasteiger partial charge on any atom is -0.352 e. The number of halogens is 1. The first kappa shape index (κ1) is 30.2. The van der Waals surface area contributed by atoms with E-state index in [1.54, 1.807) is 17.9 Å². The molecule has 2 amide bonds. The van der Waals surface area contributed by atoms with Crippen LogP contribution in [-0.2, 0) is 26.2 Å². The summed E-state index contributed by atoms with van der Waals surface area (Å²) in [5, 5.41) is 3.15. The highest BCUT2D eigenvalue weighted by molar-refractivity contribution is 9.10. The molecule has 1 N–H and O–H groups in total. The molecule has 0 aromatic heterocycles. The highest BCUT2D eigenvalue weighted by Crippen LogP contribution is 2.23. The molecule has 0 heterocycles. The molecule has 0 radical (unpaired) electrons. The van der Waals surface area contributed by atoms with Crippen molar-refractivity contribution in [2.75, 3.05) is 17.1 Å². The van der Waals surface area contributed by atoms with Gasteiger partial charge in [-0.15, -0.1) is 0 Å². The number of carbonyl (C=O) groups excluding carboxylic acids is 2. The van der Waals surface area contributed by atoms with E-state index in [9.17, 15) is 18.0 Å². The first-order valence-electron chi connectivity index (χ1n) is 13.3. The molecule has 1 saturated carbocycles. The number of carbonyl (C=O) groups is 2. The normalized spacial score (nSPS) is 15.1. The molecule has 7 nitrogen and oxygen atoms in total. The maximum Gasteiger partial charge on any atom is 0.242 e. The van der Waals surface area contributed by atoms with Gasteiger partial charge in [0.15, 0.2) is 0 Å². The topological polar surface area (TPSA) is 86.8 Å². The van der Waals surface area contributed by atoms with Crippen LogP contribution >= 0.6 is 15.9 Å². The average Bonchev–Trinajstić information content (AvgIpc) is 2.86. The Kier molecular flexibility index (Phi) is 10.8. The molecule has 208 valence electrons. The third-order valence-corrected chi connectivity index (χ3v) is 8.98. The predicted octanol–water partition coefficient (Wildman–Crippen LogP) is 5.48. The zero-order valence-corrected chi connectivity index (χ0v) is 25.3. The molecule has 0 unspecified atom stereocenters. The minimum absolute atomic E-state index is 0.131. The average molecular weight is 607 g/mol. The Morgan fingerprint density at radius 3 is 2.39 bits per heavy atom. The summed E-state index contributed by atoms with van der Waals surface area (Å²) in [5.41, 5.74) is 3.60. The van der Waals surface area contributed by atoms with Crippen LogP contribution in [0.3, 0.4) is 0 Å². The van der Waals surface area contributed by atoms with Crippen molar-refractivity contribution in [3.8, 4) is 0 Å². The molecule has 3 rings (SSSR count). The van der Waals surface area contributed by atoms with Crippen LogP contribution in [0.2, 0.25) is 0 Å². The first-order valence-corrected chi connectivity index (χ1v) is 16.0. The van der Waals surface area contributed by atoms with Crippen LogP contribution in [0, 0.1) is 13.8 Å². The number of sulfonamides is 1. The van der Waals surface area contributed by atoms with Gasteiger partial charge in [-0.1, -0.05) is 53.4 Å². The van der Waals surface area contributed by atoms with Crippen LogP contribution in [0.1, 0.15) is 68.6 Å². The molecule has 1 atom stereocenters. The molecule has 1 aliphatic rings. The van der Waals surface area contributed by atoms with Gasteiger partial charge in [-0.3, -0.25) is 13.9 Å². The van der Waals surface area contributed by atoms with Gasteiger partial charge in [0.2, 0.25) is 21.8 Å². The number of anilines is 1. The van der Waals surface area contributed by atoms with Gasteiger partial charge in [0.1, 0.15) is 6.04 Å². The molecule has 0 saturated heterocycles. The van der Waals surface area contributed by atoms with Crippen molar-refractivity contribution in [2.45, 2.75) is 84.3 Å². The van der Waals surface area contributed by atoms with Gasteiger partial charge in [0, 0.05) is 30.0 Å². The number of hydrogen-bond acceptors (Lipinski definition) is 4. The highest BCUT2D eigenvalue weighted by Gasteiger charge is 2.28. The van der Waals surface area contributed by atoms with E-state index in [0.717, 1.165) is 46.8 Å². The van der Waals surface area contributed by atoms with Gasteiger partial charge in [-0.25, -0.2) is 8.42 Å². The second kappa shape index (κ2) is 13.6. The Balaban J connectivity index is 1.72. The van der Waals surface area contributed by atoms with E-state index in [2.05, 4.69) is 21.2 Å². The number of rotatable bonds is 11. The summed E-state index contributed by atoms with van der Waals surface area (Å²) >= 11 is 3.48. The lowest BCUT2D eigenvalue weighted by Gasteiger charge is -2.31. The lowest BCUT2D eigenvalue weighted by atomic mass is 9.95. The molecule has 0 bridgehead atoms. The maximum atomic E-state index is 13.5. The molecular formula is C29H40BrN3O4S. The summed E-state index contributed by atoms with van der Waals surface area (Å²) < 4.78 is 27.4. The Morgan fingerprint density at radius 2 is 1.76 bits per heavy atom. The van der Waals surface area contributed by atoms with Crippen molar-refractivity contribution in [3.05, 3.63) is 63.6 Å². The quantitative estimate of drug-likeness (QED) is 0.367. The van der Waals surface area contributed by atoms with E-state index in [1.807, 2.05) is 50.2 Å². The lowest BCUT2D eigenvalue weighted by Crippen LogP contribution is -2.50. The molecule has 0 spiro atoms. The number of nitrogens with zero attached hydrogens (tertiary/aromatic N) is 2. The van der Waals surface area contributed by atoms with Gasteiger partial charge in [0.05, 0.1) is 11.9 Å². The van der Waals surface area contributed by atoms with Crippen molar-refractivity contribution in [2.24, 2.45) is 0 Å². The second-order valence-corrected chi connectivity index (χ2v) is 13.2. The van der Waals surface area contributed by atoms with Crippen molar-refractivity contribution in [1.29, 1.82) is 0 Å². The maximum absolute atomic E-state index is 13.5. The van der Waals surface area contributed by atoms with E-state index in [1.165, 1.54) is 17.0 Å². The summed E-state index contributed by atoms with van der Waals surface area (Å²) in [6, 6.07) is 12.8. The van der Waals surface area contributed by atoms with Gasteiger partial charge in [0.25, 0.3) is 0 Å². The van der Waals surface area contributed by atoms with Crippen molar-refractivity contribution in [1.82, 2.24) is 10.2 Å². The molecule has 1 fully saturated rings. The fourth-order valence-corrected chi connectivity index (χ4v) is 6.27. The Labute approximate surface area is 236 Å². The van der Waals surface area contributed by atoms with Gasteiger partial charge in [-0.05, 0) is 81.0 Å². The summed E-state index contributed by atoms with van der Waals surface area (Å²) in [6.07, 6.45) is 7.00. The molecule has 1 aliphatic carbocycles. The van der Waals surface area contributed by atoms with E-state index in [0.29, 0.717) is 18.7 Å². The van der Waals surface area contributed by atoms with E-state index >= 15 is 0 Å². The van der Waals surface area contributed by atoms with Crippen LogP contribution in [0.5, 0.6) is 0 Å². The lowest BCUT2D eigenvalue weighted by molar-refractivity contribution is -0.141. The minimum atomic E-state index is -3.53. The van der Waals surface area contributed by atoms with Gasteiger partial charge >= 0.3 is 0 Å². The molecule has 38 heavy (non-hydrogen) atoms. The van der Waals surface area contributed by atoms with Crippen LogP contribution in [-0.4, -0.2) is 50.0 Å². The third-order valence-electron chi connectivity index (χ3n) is 7.29. The largest absolute Gasteiger partial charge is 0.352 e. The Hall–Kier alpha value is -2.39. The highest BCUT2D eigenvalue weighted by atomic mass is 79.9. The van der Waals surface area contributed by atoms with Crippen molar-refractivity contribution < 1.29 is 18.0 Å².